The van der Waals surface area contributed by atoms with Crippen LogP contribution in [-0.4, -0.2) is 23.3 Å². The van der Waals surface area contributed by atoms with Crippen molar-refractivity contribution < 1.29 is 9.90 Å². The van der Waals surface area contributed by atoms with Gasteiger partial charge in [0, 0.05) is 5.69 Å². The molecule has 0 saturated heterocycles. The van der Waals surface area contributed by atoms with Crippen molar-refractivity contribution in [1.29, 1.82) is 5.26 Å². The predicted octanol–water partition coefficient (Wildman–Crippen LogP) is 2.23. The van der Waals surface area contributed by atoms with Gasteiger partial charge in [0.25, 0.3) is 0 Å². The highest BCUT2D eigenvalue weighted by Gasteiger charge is 2.24. The Hall–Kier alpha value is -2.06. The molecular weight excluding hydrogens is 242 g/mol. The Bertz CT molecular complexity index is 482. The third-order valence-electron chi connectivity index (χ3n) is 2.82. The molecule has 1 rings (SSSR count). The topological polar surface area (TPSA) is 85.2 Å². The minimum atomic E-state index is -0.633. The molecule has 1 unspecified atom stereocenters. The van der Waals surface area contributed by atoms with Crippen LogP contribution in [0.5, 0.6) is 0 Å². The van der Waals surface area contributed by atoms with Crippen LogP contribution in [0.1, 0.15) is 32.3 Å². The number of rotatable bonds is 5. The molecule has 3 N–H and O–H groups in total. The van der Waals surface area contributed by atoms with Crippen LogP contribution in [-0.2, 0) is 0 Å². The third-order valence-corrected chi connectivity index (χ3v) is 2.82. The van der Waals surface area contributed by atoms with E-state index in [-0.39, 0.29) is 12.6 Å². The van der Waals surface area contributed by atoms with E-state index in [2.05, 4.69) is 10.6 Å². The average molecular weight is 261 g/mol. The number of anilines is 1. The van der Waals surface area contributed by atoms with Crippen LogP contribution in [0.2, 0.25) is 0 Å². The van der Waals surface area contributed by atoms with Crippen LogP contribution in [0.4, 0.5) is 10.5 Å². The second-order valence-electron chi connectivity index (χ2n) is 4.74. The summed E-state index contributed by atoms with van der Waals surface area (Å²) in [5, 5.41) is 23.5. The number of carbonyl (C=O) groups is 1. The highest BCUT2D eigenvalue weighted by atomic mass is 16.3. The van der Waals surface area contributed by atoms with Gasteiger partial charge in [-0.15, -0.1) is 0 Å². The van der Waals surface area contributed by atoms with E-state index < -0.39 is 5.54 Å². The molecule has 1 aromatic rings. The van der Waals surface area contributed by atoms with Crippen LogP contribution in [0, 0.1) is 11.3 Å². The number of amides is 2. The SMILES string of the molecule is CCCC(C)(CO)NC(=O)Nc1cccc(C#N)c1. The van der Waals surface area contributed by atoms with Gasteiger partial charge in [-0.3, -0.25) is 0 Å². The van der Waals surface area contributed by atoms with Crippen molar-refractivity contribution in [1.82, 2.24) is 5.32 Å². The molecule has 0 bridgehead atoms. The third kappa shape index (κ3) is 4.60. The van der Waals surface area contributed by atoms with Gasteiger partial charge in [0.1, 0.15) is 0 Å². The first-order valence-corrected chi connectivity index (χ1v) is 6.23. The second-order valence-corrected chi connectivity index (χ2v) is 4.74. The van der Waals surface area contributed by atoms with Crippen molar-refractivity contribution in [3.63, 3.8) is 0 Å². The van der Waals surface area contributed by atoms with E-state index in [1.807, 2.05) is 13.0 Å². The van der Waals surface area contributed by atoms with Gasteiger partial charge in [0.15, 0.2) is 0 Å². The van der Waals surface area contributed by atoms with Gasteiger partial charge in [-0.25, -0.2) is 4.79 Å². The highest BCUT2D eigenvalue weighted by molar-refractivity contribution is 5.89. The lowest BCUT2D eigenvalue weighted by Gasteiger charge is -2.28. The zero-order valence-electron chi connectivity index (χ0n) is 11.2. The summed E-state index contributed by atoms with van der Waals surface area (Å²) >= 11 is 0. The number of nitrogens with zero attached hydrogens (tertiary/aromatic N) is 1. The second kappa shape index (κ2) is 6.76. The molecule has 19 heavy (non-hydrogen) atoms. The average Bonchev–Trinajstić information content (AvgIpc) is 2.39. The fraction of sp³-hybridized carbons (Fsp3) is 0.429. The van der Waals surface area contributed by atoms with E-state index >= 15 is 0 Å². The lowest BCUT2D eigenvalue weighted by Crippen LogP contribution is -2.50. The number of nitriles is 1. The molecule has 5 nitrogen and oxygen atoms in total. The minimum Gasteiger partial charge on any atom is -0.394 e. The van der Waals surface area contributed by atoms with E-state index in [0.717, 1.165) is 6.42 Å². The number of urea groups is 1. The maximum Gasteiger partial charge on any atom is 0.319 e. The Morgan fingerprint density at radius 3 is 2.84 bits per heavy atom. The normalized spacial score (nSPS) is 13.2. The predicted molar refractivity (Wildman–Crippen MR) is 73.7 cm³/mol. The molecule has 2 amide bonds. The Labute approximate surface area is 113 Å². The summed E-state index contributed by atoms with van der Waals surface area (Å²) in [6.07, 6.45) is 1.55. The number of carbonyl (C=O) groups excluding carboxylic acids is 1. The first-order chi connectivity index (χ1) is 9.03. The molecule has 0 heterocycles. The maximum atomic E-state index is 11.8. The number of hydrogen-bond acceptors (Lipinski definition) is 3. The van der Waals surface area contributed by atoms with Crippen molar-refractivity contribution in [2.24, 2.45) is 0 Å². The summed E-state index contributed by atoms with van der Waals surface area (Å²) in [6.45, 7) is 3.66. The number of aliphatic hydroxyl groups excluding tert-OH is 1. The number of aliphatic hydroxyl groups is 1. The van der Waals surface area contributed by atoms with Gasteiger partial charge in [-0.2, -0.15) is 5.26 Å². The maximum absolute atomic E-state index is 11.8. The van der Waals surface area contributed by atoms with Crippen molar-refractivity contribution in [2.45, 2.75) is 32.2 Å². The van der Waals surface area contributed by atoms with E-state index in [4.69, 9.17) is 5.26 Å². The van der Waals surface area contributed by atoms with Gasteiger partial charge >= 0.3 is 6.03 Å². The smallest absolute Gasteiger partial charge is 0.319 e. The van der Waals surface area contributed by atoms with Crippen LogP contribution < -0.4 is 10.6 Å². The molecule has 0 fully saturated rings. The molecule has 102 valence electrons. The molecular formula is C14H19N3O2. The lowest BCUT2D eigenvalue weighted by molar-refractivity contribution is 0.167. The van der Waals surface area contributed by atoms with E-state index in [9.17, 15) is 9.90 Å². The fourth-order valence-corrected chi connectivity index (χ4v) is 1.84. The van der Waals surface area contributed by atoms with Gasteiger partial charge < -0.3 is 15.7 Å². The van der Waals surface area contributed by atoms with Crippen LogP contribution in [0.3, 0.4) is 0 Å². The lowest BCUT2D eigenvalue weighted by atomic mass is 9.98. The molecule has 1 atom stereocenters. The summed E-state index contributed by atoms with van der Waals surface area (Å²) in [6, 6.07) is 8.28. The molecule has 0 aromatic heterocycles. The van der Waals surface area contributed by atoms with Gasteiger partial charge in [0.2, 0.25) is 0 Å². The number of hydrogen-bond donors (Lipinski definition) is 3. The molecule has 0 aliphatic heterocycles. The van der Waals surface area contributed by atoms with Crippen LogP contribution >= 0.6 is 0 Å². The van der Waals surface area contributed by atoms with Crippen LogP contribution in [0.15, 0.2) is 24.3 Å². The summed E-state index contributed by atoms with van der Waals surface area (Å²) in [5.74, 6) is 0. The molecule has 1 aromatic carbocycles. The molecule has 0 aliphatic rings. The van der Waals surface area contributed by atoms with E-state index in [1.54, 1.807) is 31.2 Å². The number of benzene rings is 1. The largest absolute Gasteiger partial charge is 0.394 e. The van der Waals surface area contributed by atoms with Crippen molar-refractivity contribution in [3.8, 4) is 6.07 Å². The van der Waals surface area contributed by atoms with E-state index in [1.165, 1.54) is 0 Å². The Morgan fingerprint density at radius 1 is 1.53 bits per heavy atom. The summed E-state index contributed by atoms with van der Waals surface area (Å²) in [7, 11) is 0. The number of nitrogens with one attached hydrogen (secondary N) is 2. The molecule has 0 radical (unpaired) electrons. The van der Waals surface area contributed by atoms with Gasteiger partial charge in [-0.1, -0.05) is 19.4 Å². The van der Waals surface area contributed by atoms with Gasteiger partial charge in [0.05, 0.1) is 23.8 Å². The quantitative estimate of drug-likeness (QED) is 0.759. The Kier molecular flexibility index (Phi) is 5.34. The van der Waals surface area contributed by atoms with Crippen molar-refractivity contribution in [3.05, 3.63) is 29.8 Å². The highest BCUT2D eigenvalue weighted by Crippen LogP contribution is 2.13. The monoisotopic (exact) mass is 261 g/mol. The Balaban J connectivity index is 2.67. The molecule has 5 heteroatoms. The molecule has 0 spiro atoms. The molecule has 0 aliphatic carbocycles. The summed E-state index contributed by atoms with van der Waals surface area (Å²) in [5.41, 5.74) is 0.399. The Morgan fingerprint density at radius 2 is 2.26 bits per heavy atom. The first kappa shape index (κ1) is 15.0. The van der Waals surface area contributed by atoms with E-state index in [0.29, 0.717) is 17.7 Å². The zero-order valence-corrected chi connectivity index (χ0v) is 11.2. The zero-order chi connectivity index (χ0) is 14.3. The fourth-order valence-electron chi connectivity index (χ4n) is 1.84. The first-order valence-electron chi connectivity index (χ1n) is 6.23. The molecule has 0 saturated carbocycles. The minimum absolute atomic E-state index is 0.119. The van der Waals surface area contributed by atoms with Gasteiger partial charge in [-0.05, 0) is 31.5 Å². The van der Waals surface area contributed by atoms with Crippen molar-refractivity contribution >= 4 is 11.7 Å². The van der Waals surface area contributed by atoms with Crippen molar-refractivity contribution in [2.75, 3.05) is 11.9 Å². The van der Waals surface area contributed by atoms with Crippen LogP contribution in [0.25, 0.3) is 0 Å². The summed E-state index contributed by atoms with van der Waals surface area (Å²) < 4.78 is 0. The standard InChI is InChI=1S/C14H19N3O2/c1-3-7-14(2,10-18)17-13(19)16-12-6-4-5-11(8-12)9-15/h4-6,8,18H,3,7,10H2,1-2H3,(H2,16,17,19). The summed E-state index contributed by atoms with van der Waals surface area (Å²) in [4.78, 5) is 11.8.